The number of benzene rings is 1. The molecule has 9 heteroatoms. The van der Waals surface area contributed by atoms with Crippen molar-refractivity contribution in [2.45, 2.75) is 4.90 Å². The van der Waals surface area contributed by atoms with Crippen LogP contribution in [0.5, 0.6) is 0 Å². The van der Waals surface area contributed by atoms with Gasteiger partial charge in [0.1, 0.15) is 0 Å². The van der Waals surface area contributed by atoms with Crippen LogP contribution in [0, 0.1) is 0 Å². The molecule has 2 aromatic rings. The molecule has 0 aliphatic carbocycles. The van der Waals surface area contributed by atoms with Gasteiger partial charge >= 0.3 is 0 Å². The summed E-state index contributed by atoms with van der Waals surface area (Å²) in [5.74, 6) is 1.09. The van der Waals surface area contributed by atoms with Gasteiger partial charge in [0, 0.05) is 61.6 Å². The maximum atomic E-state index is 12.0. The first-order valence-corrected chi connectivity index (χ1v) is 10.4. The van der Waals surface area contributed by atoms with E-state index in [2.05, 4.69) is 25.1 Å². The number of nitrogens with zero attached hydrogens (tertiary/aromatic N) is 4. The predicted octanol–water partition coefficient (Wildman–Crippen LogP) is 2.81. The molecule has 1 amide bonds. The van der Waals surface area contributed by atoms with Crippen LogP contribution in [0.15, 0.2) is 41.6 Å². The van der Waals surface area contributed by atoms with Crippen LogP contribution in [0.1, 0.15) is 0 Å². The lowest BCUT2D eigenvalue weighted by Crippen LogP contribution is -2.49. The quantitative estimate of drug-likeness (QED) is 0.688. The molecule has 1 aliphatic heterocycles. The summed E-state index contributed by atoms with van der Waals surface area (Å²) in [7, 11) is 0. The molecule has 144 valence electrons. The Balaban J connectivity index is 1.33. The van der Waals surface area contributed by atoms with Gasteiger partial charge in [0.2, 0.25) is 11.9 Å². The SMILES string of the molecule is O=C(CSc1cc(Cl)ccc1Cl)NCCN1CCN(c2ncccn2)CC1. The molecule has 1 aliphatic rings. The number of thioether (sulfide) groups is 1. The summed E-state index contributed by atoms with van der Waals surface area (Å²) >= 11 is 13.5. The number of carbonyl (C=O) groups excluding carboxylic acids is 1. The summed E-state index contributed by atoms with van der Waals surface area (Å²) in [5, 5.41) is 4.18. The van der Waals surface area contributed by atoms with Crippen molar-refractivity contribution in [3.63, 3.8) is 0 Å². The number of nitrogens with one attached hydrogen (secondary N) is 1. The van der Waals surface area contributed by atoms with E-state index in [1.807, 2.05) is 6.07 Å². The molecule has 0 unspecified atom stereocenters. The van der Waals surface area contributed by atoms with Crippen LogP contribution < -0.4 is 10.2 Å². The van der Waals surface area contributed by atoms with Crippen molar-refractivity contribution >= 4 is 46.8 Å². The highest BCUT2D eigenvalue weighted by molar-refractivity contribution is 8.00. The van der Waals surface area contributed by atoms with Crippen molar-refractivity contribution < 1.29 is 4.79 Å². The number of carbonyl (C=O) groups is 1. The highest BCUT2D eigenvalue weighted by Crippen LogP contribution is 2.29. The van der Waals surface area contributed by atoms with Gasteiger partial charge in [-0.2, -0.15) is 0 Å². The number of anilines is 1. The van der Waals surface area contributed by atoms with E-state index in [1.54, 1.807) is 30.6 Å². The summed E-state index contributed by atoms with van der Waals surface area (Å²) in [6.07, 6.45) is 3.53. The summed E-state index contributed by atoms with van der Waals surface area (Å²) in [6, 6.07) is 7.07. The van der Waals surface area contributed by atoms with E-state index in [9.17, 15) is 4.79 Å². The van der Waals surface area contributed by atoms with Gasteiger partial charge in [-0.3, -0.25) is 9.69 Å². The average Bonchev–Trinajstić information content (AvgIpc) is 2.70. The van der Waals surface area contributed by atoms with Crippen LogP contribution >= 0.6 is 35.0 Å². The second kappa shape index (κ2) is 10.1. The third-order valence-corrected chi connectivity index (χ3v) is 5.94. The summed E-state index contributed by atoms with van der Waals surface area (Å²) in [6.45, 7) is 5.10. The maximum absolute atomic E-state index is 12.0. The highest BCUT2D eigenvalue weighted by Gasteiger charge is 2.18. The third kappa shape index (κ3) is 6.24. The van der Waals surface area contributed by atoms with Crippen molar-refractivity contribution in [1.29, 1.82) is 0 Å². The molecule has 1 N–H and O–H groups in total. The fraction of sp³-hybridized carbons (Fsp3) is 0.389. The minimum atomic E-state index is -0.00707. The molecule has 0 bridgehead atoms. The summed E-state index contributed by atoms with van der Waals surface area (Å²) in [4.78, 5) is 26.0. The van der Waals surface area contributed by atoms with Crippen LogP contribution in [0.3, 0.4) is 0 Å². The molecule has 3 rings (SSSR count). The second-order valence-electron chi connectivity index (χ2n) is 6.09. The molecule has 0 spiro atoms. The van der Waals surface area contributed by atoms with Crippen molar-refractivity contribution in [3.8, 4) is 0 Å². The average molecular weight is 426 g/mol. The van der Waals surface area contributed by atoms with E-state index in [0.717, 1.165) is 43.6 Å². The molecule has 6 nitrogen and oxygen atoms in total. The Labute approximate surface area is 173 Å². The van der Waals surface area contributed by atoms with Gasteiger partial charge in [-0.15, -0.1) is 11.8 Å². The fourth-order valence-corrected chi connectivity index (χ4v) is 4.08. The van der Waals surface area contributed by atoms with Gasteiger partial charge in [0.05, 0.1) is 10.8 Å². The van der Waals surface area contributed by atoms with E-state index in [1.165, 1.54) is 11.8 Å². The molecular weight excluding hydrogens is 405 g/mol. The van der Waals surface area contributed by atoms with Crippen LogP contribution in [-0.2, 0) is 4.79 Å². The lowest BCUT2D eigenvalue weighted by atomic mass is 10.3. The molecule has 1 aromatic heterocycles. The normalized spacial score (nSPS) is 15.0. The molecule has 1 saturated heterocycles. The molecule has 0 atom stereocenters. The van der Waals surface area contributed by atoms with Gasteiger partial charge in [0.15, 0.2) is 0 Å². The van der Waals surface area contributed by atoms with E-state index in [0.29, 0.717) is 22.3 Å². The first-order chi connectivity index (χ1) is 13.1. The van der Waals surface area contributed by atoms with Gasteiger partial charge in [-0.25, -0.2) is 9.97 Å². The summed E-state index contributed by atoms with van der Waals surface area (Å²) in [5.41, 5.74) is 0. The lowest BCUT2D eigenvalue weighted by Gasteiger charge is -2.34. The predicted molar refractivity (Wildman–Crippen MR) is 111 cm³/mol. The molecule has 1 aromatic carbocycles. The first-order valence-electron chi connectivity index (χ1n) is 8.71. The Kier molecular flexibility index (Phi) is 7.58. The fourth-order valence-electron chi connectivity index (χ4n) is 2.76. The zero-order valence-electron chi connectivity index (χ0n) is 14.8. The van der Waals surface area contributed by atoms with E-state index < -0.39 is 0 Å². The topological polar surface area (TPSA) is 61.4 Å². The monoisotopic (exact) mass is 425 g/mol. The van der Waals surface area contributed by atoms with Gasteiger partial charge < -0.3 is 10.2 Å². The number of halogens is 2. The van der Waals surface area contributed by atoms with Crippen LogP contribution in [0.25, 0.3) is 0 Å². The largest absolute Gasteiger partial charge is 0.354 e. The molecule has 27 heavy (non-hydrogen) atoms. The minimum absolute atomic E-state index is 0.00707. The molecule has 1 fully saturated rings. The Hall–Kier alpha value is -1.54. The molecular formula is C18H21Cl2N5OS. The maximum Gasteiger partial charge on any atom is 0.230 e. The van der Waals surface area contributed by atoms with E-state index in [-0.39, 0.29) is 5.91 Å². The molecule has 2 heterocycles. The van der Waals surface area contributed by atoms with Crippen molar-refractivity contribution in [2.75, 3.05) is 49.9 Å². The Bertz CT molecular complexity index is 757. The van der Waals surface area contributed by atoms with Crippen LogP contribution in [-0.4, -0.2) is 65.8 Å². The minimum Gasteiger partial charge on any atom is -0.354 e. The Morgan fingerprint density at radius 3 is 2.63 bits per heavy atom. The molecule has 0 radical (unpaired) electrons. The zero-order chi connectivity index (χ0) is 19.1. The van der Waals surface area contributed by atoms with Crippen molar-refractivity contribution in [3.05, 3.63) is 46.7 Å². The number of aromatic nitrogens is 2. The van der Waals surface area contributed by atoms with Gasteiger partial charge in [-0.05, 0) is 24.3 Å². The van der Waals surface area contributed by atoms with E-state index in [4.69, 9.17) is 23.2 Å². The van der Waals surface area contributed by atoms with Crippen molar-refractivity contribution in [2.24, 2.45) is 0 Å². The zero-order valence-corrected chi connectivity index (χ0v) is 17.1. The lowest BCUT2D eigenvalue weighted by molar-refractivity contribution is -0.118. The van der Waals surface area contributed by atoms with Gasteiger partial charge in [-0.1, -0.05) is 23.2 Å². The first kappa shape index (κ1) is 20.2. The number of hydrogen-bond donors (Lipinski definition) is 1. The van der Waals surface area contributed by atoms with E-state index >= 15 is 0 Å². The smallest absolute Gasteiger partial charge is 0.230 e. The van der Waals surface area contributed by atoms with Crippen LogP contribution in [0.2, 0.25) is 10.0 Å². The van der Waals surface area contributed by atoms with Crippen LogP contribution in [0.4, 0.5) is 5.95 Å². The third-order valence-electron chi connectivity index (χ3n) is 4.21. The summed E-state index contributed by atoms with van der Waals surface area (Å²) < 4.78 is 0. The number of rotatable bonds is 7. The Morgan fingerprint density at radius 2 is 1.89 bits per heavy atom. The highest BCUT2D eigenvalue weighted by atomic mass is 35.5. The Morgan fingerprint density at radius 1 is 1.15 bits per heavy atom. The number of piperazine rings is 1. The standard InChI is InChI=1S/C18H21Cl2N5OS/c19-14-2-3-15(20)16(12-14)27-13-17(26)21-6-7-24-8-10-25(11-9-24)18-22-4-1-5-23-18/h1-5,12H,6-11,13H2,(H,21,26). The second-order valence-corrected chi connectivity index (χ2v) is 7.95. The number of amides is 1. The van der Waals surface area contributed by atoms with Gasteiger partial charge in [0.25, 0.3) is 0 Å². The molecule has 0 saturated carbocycles. The van der Waals surface area contributed by atoms with Crippen molar-refractivity contribution in [1.82, 2.24) is 20.2 Å². The number of hydrogen-bond acceptors (Lipinski definition) is 6.